The van der Waals surface area contributed by atoms with Gasteiger partial charge in [-0.3, -0.25) is 4.98 Å². The molecule has 0 radical (unpaired) electrons. The van der Waals surface area contributed by atoms with Gasteiger partial charge in [-0.15, -0.1) is 0 Å². The number of carbonyl (C=O) groups is 1. The molecule has 4 heterocycles. The van der Waals surface area contributed by atoms with E-state index >= 15 is 0 Å². The molecule has 0 bridgehead atoms. The van der Waals surface area contributed by atoms with Gasteiger partial charge in [0.25, 0.3) is 0 Å². The molecule has 1 atom stereocenters. The number of pyridine rings is 2. The van der Waals surface area contributed by atoms with E-state index in [2.05, 4.69) is 23.8 Å². The summed E-state index contributed by atoms with van der Waals surface area (Å²) in [5.41, 5.74) is 1.34. The Morgan fingerprint density at radius 2 is 1.95 bits per heavy atom. The monoisotopic (exact) mass is 550 g/mol. The Bertz CT molecular complexity index is 1630. The van der Waals surface area contributed by atoms with E-state index < -0.39 is 17.6 Å². The molecule has 1 aliphatic rings. The van der Waals surface area contributed by atoms with Gasteiger partial charge in [0.05, 0.1) is 27.5 Å². The standard InChI is InChI=1S/C28H28ClFN6O3/c1-16(2)13-22-23(9-6-10-31-22)36-26-19(14-20(29)24(32-26)18-7-4-5-8-21(18)30)25(33-27(36)37)35-12-11-34(28(38)39)15-17(35)3/h4-10,14,16-17H,11-13,15H2,1-3H3,(H,38,39)/t17-/m0/s1. The molecule has 0 spiro atoms. The number of amides is 1. The molecule has 3 aromatic heterocycles. The van der Waals surface area contributed by atoms with Gasteiger partial charge < -0.3 is 14.9 Å². The summed E-state index contributed by atoms with van der Waals surface area (Å²) in [4.78, 5) is 42.3. The Hall–Kier alpha value is -4.05. The third-order valence-corrected chi connectivity index (χ3v) is 7.10. The second-order valence-electron chi connectivity index (χ2n) is 10.1. The lowest BCUT2D eigenvalue weighted by Crippen LogP contribution is -2.54. The number of piperazine rings is 1. The lowest BCUT2D eigenvalue weighted by atomic mass is 10.1. The topological polar surface area (TPSA) is 104 Å². The van der Waals surface area contributed by atoms with Crippen molar-refractivity contribution in [3.63, 3.8) is 0 Å². The van der Waals surface area contributed by atoms with E-state index in [0.29, 0.717) is 35.6 Å². The summed E-state index contributed by atoms with van der Waals surface area (Å²) in [6, 6.07) is 11.1. The predicted molar refractivity (Wildman–Crippen MR) is 148 cm³/mol. The van der Waals surface area contributed by atoms with Gasteiger partial charge in [0, 0.05) is 37.4 Å². The number of hydrogen-bond donors (Lipinski definition) is 1. The van der Waals surface area contributed by atoms with Gasteiger partial charge in [0.15, 0.2) is 5.65 Å². The molecule has 1 amide bonds. The van der Waals surface area contributed by atoms with Crippen molar-refractivity contribution in [3.8, 4) is 16.9 Å². The lowest BCUT2D eigenvalue weighted by Gasteiger charge is -2.39. The van der Waals surface area contributed by atoms with Gasteiger partial charge in [0.1, 0.15) is 11.6 Å². The van der Waals surface area contributed by atoms with Crippen molar-refractivity contribution in [2.45, 2.75) is 33.2 Å². The van der Waals surface area contributed by atoms with Crippen LogP contribution in [0.15, 0.2) is 53.5 Å². The molecular weight excluding hydrogens is 523 g/mol. The molecule has 1 aliphatic heterocycles. The molecule has 0 unspecified atom stereocenters. The van der Waals surface area contributed by atoms with Crippen LogP contribution in [0.5, 0.6) is 0 Å². The molecular formula is C28H28ClFN6O3. The summed E-state index contributed by atoms with van der Waals surface area (Å²) >= 11 is 6.70. The van der Waals surface area contributed by atoms with Crippen LogP contribution >= 0.6 is 11.6 Å². The van der Waals surface area contributed by atoms with Gasteiger partial charge in [0.2, 0.25) is 0 Å². The minimum absolute atomic E-state index is 0.200. The maximum atomic E-state index is 14.8. The SMILES string of the molecule is CC(C)Cc1ncccc1-n1c(=O)nc(N2CCN(C(=O)O)C[C@@H]2C)c2cc(Cl)c(-c3ccccc3F)nc21. The van der Waals surface area contributed by atoms with Crippen LogP contribution in [0.2, 0.25) is 5.02 Å². The van der Waals surface area contributed by atoms with E-state index in [9.17, 15) is 19.1 Å². The molecule has 1 fully saturated rings. The zero-order valence-electron chi connectivity index (χ0n) is 21.8. The molecule has 0 saturated carbocycles. The zero-order valence-corrected chi connectivity index (χ0v) is 22.6. The number of fused-ring (bicyclic) bond motifs is 1. The largest absolute Gasteiger partial charge is 0.465 e. The first-order valence-electron chi connectivity index (χ1n) is 12.7. The van der Waals surface area contributed by atoms with E-state index in [1.165, 1.54) is 15.5 Å². The minimum Gasteiger partial charge on any atom is -0.465 e. The first kappa shape index (κ1) is 26.6. The van der Waals surface area contributed by atoms with Crippen LogP contribution < -0.4 is 10.6 Å². The first-order chi connectivity index (χ1) is 18.7. The molecule has 39 heavy (non-hydrogen) atoms. The third-order valence-electron chi connectivity index (χ3n) is 6.81. The number of benzene rings is 1. The maximum Gasteiger partial charge on any atom is 0.407 e. The molecule has 1 aromatic carbocycles. The number of carboxylic acid groups (broad SMARTS) is 1. The Kier molecular flexibility index (Phi) is 7.22. The van der Waals surface area contributed by atoms with Crippen molar-refractivity contribution in [1.82, 2.24) is 24.4 Å². The van der Waals surface area contributed by atoms with E-state index in [1.54, 1.807) is 42.6 Å². The van der Waals surface area contributed by atoms with Crippen LogP contribution in [0.4, 0.5) is 15.0 Å². The average Bonchev–Trinajstić information content (AvgIpc) is 2.89. The molecule has 0 aliphatic carbocycles. The summed E-state index contributed by atoms with van der Waals surface area (Å²) in [6.45, 7) is 6.83. The van der Waals surface area contributed by atoms with Crippen molar-refractivity contribution in [3.05, 3.63) is 75.7 Å². The maximum absolute atomic E-state index is 14.8. The van der Waals surface area contributed by atoms with Crippen LogP contribution in [-0.2, 0) is 6.42 Å². The van der Waals surface area contributed by atoms with E-state index in [-0.39, 0.29) is 47.0 Å². The normalized spacial score (nSPS) is 15.8. The molecule has 5 rings (SSSR count). The summed E-state index contributed by atoms with van der Waals surface area (Å²) in [5, 5.41) is 10.1. The Labute approximate surface area is 229 Å². The minimum atomic E-state index is -0.997. The molecule has 9 nitrogen and oxygen atoms in total. The highest BCUT2D eigenvalue weighted by Gasteiger charge is 2.30. The van der Waals surface area contributed by atoms with Crippen LogP contribution in [0.25, 0.3) is 28.0 Å². The van der Waals surface area contributed by atoms with E-state index in [0.717, 1.165) is 0 Å². The number of nitrogens with zero attached hydrogens (tertiary/aromatic N) is 6. The second kappa shape index (κ2) is 10.6. The molecule has 202 valence electrons. The summed E-state index contributed by atoms with van der Waals surface area (Å²) in [6.07, 6.45) is 1.30. The summed E-state index contributed by atoms with van der Waals surface area (Å²) < 4.78 is 16.2. The Morgan fingerprint density at radius 1 is 1.18 bits per heavy atom. The van der Waals surface area contributed by atoms with Crippen molar-refractivity contribution >= 4 is 34.5 Å². The second-order valence-corrected chi connectivity index (χ2v) is 10.5. The average molecular weight is 551 g/mol. The van der Waals surface area contributed by atoms with Crippen LogP contribution in [0.3, 0.4) is 0 Å². The Morgan fingerprint density at radius 3 is 2.64 bits per heavy atom. The first-order valence-corrected chi connectivity index (χ1v) is 13.1. The molecule has 4 aromatic rings. The number of aromatic nitrogens is 4. The van der Waals surface area contributed by atoms with E-state index in [4.69, 9.17) is 16.6 Å². The predicted octanol–water partition coefficient (Wildman–Crippen LogP) is 5.02. The zero-order chi connectivity index (χ0) is 27.8. The van der Waals surface area contributed by atoms with Crippen molar-refractivity contribution < 1.29 is 14.3 Å². The van der Waals surface area contributed by atoms with Gasteiger partial charge in [-0.2, -0.15) is 4.98 Å². The third kappa shape index (κ3) is 5.04. The smallest absolute Gasteiger partial charge is 0.407 e. The number of halogens is 2. The number of rotatable bonds is 5. The summed E-state index contributed by atoms with van der Waals surface area (Å²) in [5.74, 6) is 0.137. The summed E-state index contributed by atoms with van der Waals surface area (Å²) in [7, 11) is 0. The highest BCUT2D eigenvalue weighted by Crippen LogP contribution is 2.35. The van der Waals surface area contributed by atoms with E-state index in [1.807, 2.05) is 11.8 Å². The molecule has 1 N–H and O–H groups in total. The number of hydrogen-bond acceptors (Lipinski definition) is 6. The number of anilines is 1. The van der Waals surface area contributed by atoms with Gasteiger partial charge in [-0.25, -0.2) is 23.5 Å². The van der Waals surface area contributed by atoms with Crippen molar-refractivity contribution in [2.24, 2.45) is 5.92 Å². The van der Waals surface area contributed by atoms with Crippen molar-refractivity contribution in [1.29, 1.82) is 0 Å². The fraction of sp³-hybridized carbons (Fsp3) is 0.321. The van der Waals surface area contributed by atoms with Crippen LogP contribution in [0, 0.1) is 11.7 Å². The van der Waals surface area contributed by atoms with Crippen LogP contribution in [0.1, 0.15) is 26.5 Å². The quantitative estimate of drug-likeness (QED) is 0.372. The Balaban J connectivity index is 1.79. The highest BCUT2D eigenvalue weighted by atomic mass is 35.5. The van der Waals surface area contributed by atoms with Gasteiger partial charge in [-0.1, -0.05) is 37.6 Å². The fourth-order valence-corrected chi connectivity index (χ4v) is 5.26. The lowest BCUT2D eigenvalue weighted by molar-refractivity contribution is 0.136. The van der Waals surface area contributed by atoms with Gasteiger partial charge >= 0.3 is 11.8 Å². The van der Waals surface area contributed by atoms with Gasteiger partial charge in [-0.05, 0) is 49.6 Å². The fourth-order valence-electron chi connectivity index (χ4n) is 5.01. The molecule has 11 heteroatoms. The van der Waals surface area contributed by atoms with Crippen LogP contribution in [-0.4, -0.2) is 61.3 Å². The molecule has 1 saturated heterocycles. The van der Waals surface area contributed by atoms with Crippen molar-refractivity contribution in [2.75, 3.05) is 24.5 Å². The highest BCUT2D eigenvalue weighted by molar-refractivity contribution is 6.33.